The third-order valence-electron chi connectivity index (χ3n) is 3.63. The number of hydrogen-bond donors (Lipinski definition) is 0. The molecule has 0 aliphatic rings. The van der Waals surface area contributed by atoms with Crippen LogP contribution >= 0.6 is 0 Å². The Balaban J connectivity index is 2.29. The van der Waals surface area contributed by atoms with Crippen LogP contribution in [0, 0.1) is 25.2 Å². The molecule has 0 saturated carbocycles. The number of hydrogen-bond acceptors (Lipinski definition) is 4. The molecule has 0 aliphatic carbocycles. The number of aromatic nitrogens is 3. The largest absolute Gasteiger partial charge is 0.494 e. The normalized spacial score (nSPS) is 10.3. The Bertz CT molecular complexity index is 906. The summed E-state index contributed by atoms with van der Waals surface area (Å²) in [6.45, 7) is 4.01. The van der Waals surface area contributed by atoms with Crippen molar-refractivity contribution in [2.24, 2.45) is 0 Å². The topological polar surface area (TPSA) is 63.7 Å². The number of ether oxygens (including phenoxy) is 1. The van der Waals surface area contributed by atoms with E-state index in [1.807, 2.05) is 56.3 Å². The first-order chi connectivity index (χ1) is 11.1. The van der Waals surface area contributed by atoms with Gasteiger partial charge >= 0.3 is 0 Å². The summed E-state index contributed by atoms with van der Waals surface area (Å²) in [6, 6.07) is 15.9. The Morgan fingerprint density at radius 1 is 1.09 bits per heavy atom. The van der Waals surface area contributed by atoms with Gasteiger partial charge in [0.2, 0.25) is 0 Å². The van der Waals surface area contributed by atoms with Crippen molar-refractivity contribution in [1.29, 1.82) is 5.26 Å². The van der Waals surface area contributed by atoms with Crippen molar-refractivity contribution in [3.05, 3.63) is 59.3 Å². The molecule has 0 atom stereocenters. The second-order valence-electron chi connectivity index (χ2n) is 5.36. The van der Waals surface area contributed by atoms with E-state index < -0.39 is 0 Å². The van der Waals surface area contributed by atoms with Crippen LogP contribution in [0.3, 0.4) is 0 Å². The molecule has 0 unspecified atom stereocenters. The minimum absolute atomic E-state index is 0.291. The average molecular weight is 304 g/mol. The van der Waals surface area contributed by atoms with Crippen molar-refractivity contribution in [3.8, 4) is 28.8 Å². The summed E-state index contributed by atoms with van der Waals surface area (Å²) in [5.41, 5.74) is 4.80. The molecular weight excluding hydrogens is 288 g/mol. The monoisotopic (exact) mass is 304 g/mol. The maximum Gasteiger partial charge on any atom is 0.191 e. The fourth-order valence-electron chi connectivity index (χ4n) is 2.54. The minimum Gasteiger partial charge on any atom is -0.494 e. The zero-order chi connectivity index (χ0) is 16.4. The fraction of sp³-hybridized carbons (Fsp3) is 0.167. The molecule has 114 valence electrons. The van der Waals surface area contributed by atoms with Gasteiger partial charge in [-0.1, -0.05) is 35.0 Å². The Morgan fingerprint density at radius 2 is 1.87 bits per heavy atom. The molecule has 0 N–H and O–H groups in total. The van der Waals surface area contributed by atoms with Gasteiger partial charge in [0.15, 0.2) is 5.69 Å². The molecule has 1 heterocycles. The highest BCUT2D eigenvalue weighted by Gasteiger charge is 2.18. The second-order valence-corrected chi connectivity index (χ2v) is 5.36. The van der Waals surface area contributed by atoms with Crippen LogP contribution in [0.25, 0.3) is 16.9 Å². The number of rotatable bonds is 3. The van der Waals surface area contributed by atoms with Crippen LogP contribution < -0.4 is 4.74 Å². The van der Waals surface area contributed by atoms with Crippen LogP contribution in [0.4, 0.5) is 0 Å². The minimum atomic E-state index is 0.291. The first-order valence-corrected chi connectivity index (χ1v) is 7.22. The lowest BCUT2D eigenvalue weighted by atomic mass is 10.1. The Labute approximate surface area is 134 Å². The first-order valence-electron chi connectivity index (χ1n) is 7.22. The van der Waals surface area contributed by atoms with Gasteiger partial charge in [0, 0.05) is 5.56 Å². The van der Waals surface area contributed by atoms with Crippen LogP contribution in [-0.2, 0) is 0 Å². The molecule has 1 aromatic heterocycles. The molecule has 5 heteroatoms. The molecule has 23 heavy (non-hydrogen) atoms. The summed E-state index contributed by atoms with van der Waals surface area (Å²) >= 11 is 0. The molecule has 0 aliphatic heterocycles. The molecule has 0 fully saturated rings. The van der Waals surface area contributed by atoms with E-state index in [-0.39, 0.29) is 0 Å². The van der Waals surface area contributed by atoms with E-state index in [9.17, 15) is 5.26 Å². The number of nitrogens with zero attached hydrogens (tertiary/aromatic N) is 4. The van der Waals surface area contributed by atoms with Crippen molar-refractivity contribution < 1.29 is 4.74 Å². The van der Waals surface area contributed by atoms with E-state index in [0.717, 1.165) is 22.4 Å². The molecule has 0 saturated heterocycles. The number of methoxy groups -OCH3 is 1. The molecule has 3 aromatic rings. The van der Waals surface area contributed by atoms with Crippen molar-refractivity contribution in [2.75, 3.05) is 7.11 Å². The summed E-state index contributed by atoms with van der Waals surface area (Å²) in [5, 5.41) is 17.6. The van der Waals surface area contributed by atoms with Crippen LogP contribution in [0.15, 0.2) is 42.5 Å². The van der Waals surface area contributed by atoms with Gasteiger partial charge in [0.25, 0.3) is 0 Å². The van der Waals surface area contributed by atoms with E-state index in [4.69, 9.17) is 4.74 Å². The zero-order valence-electron chi connectivity index (χ0n) is 13.2. The average Bonchev–Trinajstić information content (AvgIpc) is 2.98. The number of benzene rings is 2. The predicted octanol–water partition coefficient (Wildman–Crippen LogP) is 3.43. The third-order valence-corrected chi connectivity index (χ3v) is 3.63. The van der Waals surface area contributed by atoms with Crippen molar-refractivity contribution >= 4 is 0 Å². The highest BCUT2D eigenvalue weighted by Crippen LogP contribution is 2.30. The van der Waals surface area contributed by atoms with E-state index in [2.05, 4.69) is 16.4 Å². The fourth-order valence-corrected chi connectivity index (χ4v) is 2.54. The van der Waals surface area contributed by atoms with E-state index >= 15 is 0 Å². The zero-order valence-corrected chi connectivity index (χ0v) is 13.2. The summed E-state index contributed by atoms with van der Waals surface area (Å²) in [4.78, 5) is 0. The second kappa shape index (κ2) is 5.93. The molecule has 5 nitrogen and oxygen atoms in total. The van der Waals surface area contributed by atoms with Gasteiger partial charge < -0.3 is 4.74 Å². The van der Waals surface area contributed by atoms with Gasteiger partial charge in [0.05, 0.1) is 7.11 Å². The molecule has 0 spiro atoms. The maximum absolute atomic E-state index is 9.39. The highest BCUT2D eigenvalue weighted by molar-refractivity contribution is 5.68. The van der Waals surface area contributed by atoms with E-state index in [1.54, 1.807) is 11.8 Å². The van der Waals surface area contributed by atoms with Crippen molar-refractivity contribution in [3.63, 3.8) is 0 Å². The lowest BCUT2D eigenvalue weighted by Gasteiger charge is -2.12. The van der Waals surface area contributed by atoms with Gasteiger partial charge in [-0.15, -0.1) is 5.10 Å². The Morgan fingerprint density at radius 3 is 2.57 bits per heavy atom. The van der Waals surface area contributed by atoms with Crippen LogP contribution in [0.5, 0.6) is 5.75 Å². The summed E-state index contributed by atoms with van der Waals surface area (Å²) in [7, 11) is 1.61. The van der Waals surface area contributed by atoms with Gasteiger partial charge in [-0.05, 0) is 37.6 Å². The molecule has 3 rings (SSSR count). The Hall–Kier alpha value is -3.13. The lowest BCUT2D eigenvalue weighted by Crippen LogP contribution is -2.03. The van der Waals surface area contributed by atoms with Gasteiger partial charge in [-0.25, -0.2) is 4.68 Å². The third kappa shape index (κ3) is 2.67. The number of nitriles is 1. The highest BCUT2D eigenvalue weighted by atomic mass is 16.5. The molecule has 0 radical (unpaired) electrons. The SMILES string of the molecule is COc1ccc(C)cc1-n1nnc(C#N)c1-c1cccc(C)c1. The lowest BCUT2D eigenvalue weighted by molar-refractivity contribution is 0.411. The quantitative estimate of drug-likeness (QED) is 0.743. The molecule has 2 aromatic carbocycles. The van der Waals surface area contributed by atoms with Crippen LogP contribution in [0.2, 0.25) is 0 Å². The van der Waals surface area contributed by atoms with Crippen molar-refractivity contribution in [2.45, 2.75) is 13.8 Å². The molecule has 0 bridgehead atoms. The number of aryl methyl sites for hydroxylation is 2. The van der Waals surface area contributed by atoms with Crippen LogP contribution in [-0.4, -0.2) is 22.1 Å². The molecular formula is C18H16N4O. The smallest absolute Gasteiger partial charge is 0.191 e. The van der Waals surface area contributed by atoms with Gasteiger partial charge in [-0.2, -0.15) is 5.26 Å². The van der Waals surface area contributed by atoms with Crippen LogP contribution in [0.1, 0.15) is 16.8 Å². The van der Waals surface area contributed by atoms with Gasteiger partial charge in [-0.3, -0.25) is 0 Å². The standard InChI is InChI=1S/C18H16N4O/c1-12-5-4-6-14(9-12)18-15(11-19)20-21-22(18)16-10-13(2)7-8-17(16)23-3/h4-10H,1-3H3. The van der Waals surface area contributed by atoms with Crippen molar-refractivity contribution in [1.82, 2.24) is 15.0 Å². The first kappa shape index (κ1) is 14.8. The molecule has 0 amide bonds. The summed E-state index contributed by atoms with van der Waals surface area (Å²) in [5.74, 6) is 0.680. The predicted molar refractivity (Wildman–Crippen MR) is 87.5 cm³/mol. The Kier molecular flexibility index (Phi) is 3.82. The summed E-state index contributed by atoms with van der Waals surface area (Å²) in [6.07, 6.45) is 0. The summed E-state index contributed by atoms with van der Waals surface area (Å²) < 4.78 is 7.11. The van der Waals surface area contributed by atoms with E-state index in [0.29, 0.717) is 17.1 Å². The van der Waals surface area contributed by atoms with E-state index in [1.165, 1.54) is 0 Å². The maximum atomic E-state index is 9.39. The van der Waals surface area contributed by atoms with Gasteiger partial charge in [0.1, 0.15) is 23.2 Å².